The minimum atomic E-state index is -0.387. The van der Waals surface area contributed by atoms with Gasteiger partial charge in [0.1, 0.15) is 0 Å². The van der Waals surface area contributed by atoms with E-state index in [2.05, 4.69) is 32.7 Å². The van der Waals surface area contributed by atoms with Gasteiger partial charge < -0.3 is 10.8 Å². The van der Waals surface area contributed by atoms with E-state index in [4.69, 9.17) is 5.73 Å². The van der Waals surface area contributed by atoms with Crippen LogP contribution in [0.4, 0.5) is 0 Å². The first kappa shape index (κ1) is 13.5. The van der Waals surface area contributed by atoms with Gasteiger partial charge in [0.25, 0.3) is 0 Å². The van der Waals surface area contributed by atoms with Crippen LogP contribution in [0.3, 0.4) is 0 Å². The molecule has 1 aliphatic rings. The van der Waals surface area contributed by atoms with Gasteiger partial charge in [0.15, 0.2) is 0 Å². The molecule has 18 heavy (non-hydrogen) atoms. The second kappa shape index (κ2) is 4.32. The topological polar surface area (TPSA) is 59.1 Å². The Morgan fingerprint density at radius 2 is 1.72 bits per heavy atom. The van der Waals surface area contributed by atoms with Crippen molar-refractivity contribution < 1.29 is 5.11 Å². The molecule has 0 bridgehead atoms. The number of hydrogen-bond acceptors (Lipinski definition) is 3. The van der Waals surface area contributed by atoms with E-state index in [1.54, 1.807) is 12.4 Å². The molecule has 3 nitrogen and oxygen atoms in total. The Morgan fingerprint density at radius 3 is 2.11 bits per heavy atom. The van der Waals surface area contributed by atoms with Crippen LogP contribution in [0.2, 0.25) is 0 Å². The zero-order valence-electron chi connectivity index (χ0n) is 11.7. The zero-order valence-corrected chi connectivity index (χ0v) is 11.7. The van der Waals surface area contributed by atoms with E-state index >= 15 is 0 Å². The first-order valence-corrected chi connectivity index (χ1v) is 6.62. The van der Waals surface area contributed by atoms with Crippen molar-refractivity contribution in [2.75, 3.05) is 6.54 Å². The average Bonchev–Trinajstić information content (AvgIpc) is 2.71. The summed E-state index contributed by atoms with van der Waals surface area (Å²) in [6.45, 7) is 9.36. The van der Waals surface area contributed by atoms with E-state index in [-0.39, 0.29) is 22.9 Å². The first-order valence-electron chi connectivity index (χ1n) is 6.62. The molecule has 3 heteroatoms. The molecule has 1 fully saturated rings. The van der Waals surface area contributed by atoms with Gasteiger partial charge >= 0.3 is 0 Å². The summed E-state index contributed by atoms with van der Waals surface area (Å²) >= 11 is 0. The van der Waals surface area contributed by atoms with Crippen molar-refractivity contribution in [1.82, 2.24) is 4.98 Å². The van der Waals surface area contributed by atoms with Crippen molar-refractivity contribution >= 4 is 0 Å². The van der Waals surface area contributed by atoms with Crippen molar-refractivity contribution in [3.63, 3.8) is 0 Å². The van der Waals surface area contributed by atoms with Crippen LogP contribution in [0.1, 0.15) is 39.2 Å². The summed E-state index contributed by atoms with van der Waals surface area (Å²) in [5, 5.41) is 10.7. The van der Waals surface area contributed by atoms with Crippen LogP contribution in [0.5, 0.6) is 0 Å². The summed E-state index contributed by atoms with van der Waals surface area (Å²) in [4.78, 5) is 4.02. The summed E-state index contributed by atoms with van der Waals surface area (Å²) < 4.78 is 0. The van der Waals surface area contributed by atoms with E-state index in [0.29, 0.717) is 12.5 Å². The smallest absolute Gasteiger partial charge is 0.0659 e. The standard InChI is InChI=1S/C15H24N2O/c1-14(2)13(15(14,3)4)12(18)11(9-16)10-5-7-17-8-6-10/h5-8,11-13,18H,9,16H2,1-4H3. The molecule has 0 aliphatic heterocycles. The van der Waals surface area contributed by atoms with Crippen LogP contribution in [-0.2, 0) is 0 Å². The average molecular weight is 248 g/mol. The molecular weight excluding hydrogens is 224 g/mol. The minimum absolute atomic E-state index is 0.000880. The van der Waals surface area contributed by atoms with Gasteiger partial charge in [0.2, 0.25) is 0 Å². The van der Waals surface area contributed by atoms with Gasteiger partial charge in [-0.25, -0.2) is 0 Å². The van der Waals surface area contributed by atoms with Crippen LogP contribution < -0.4 is 5.73 Å². The third-order valence-corrected chi connectivity index (χ3v) is 5.27. The van der Waals surface area contributed by atoms with Crippen LogP contribution in [-0.4, -0.2) is 22.7 Å². The lowest BCUT2D eigenvalue weighted by atomic mass is 9.88. The Bertz CT molecular complexity index is 400. The number of rotatable bonds is 4. The van der Waals surface area contributed by atoms with Gasteiger partial charge in [0.05, 0.1) is 6.10 Å². The van der Waals surface area contributed by atoms with Gasteiger partial charge in [0, 0.05) is 24.9 Å². The molecule has 1 aliphatic carbocycles. The number of pyridine rings is 1. The van der Waals surface area contributed by atoms with Crippen LogP contribution in [0.15, 0.2) is 24.5 Å². The summed E-state index contributed by atoms with van der Waals surface area (Å²) in [6, 6.07) is 3.90. The highest BCUT2D eigenvalue weighted by Gasteiger charge is 2.67. The van der Waals surface area contributed by atoms with Crippen LogP contribution in [0.25, 0.3) is 0 Å². The highest BCUT2D eigenvalue weighted by Crippen LogP contribution is 2.70. The maximum Gasteiger partial charge on any atom is 0.0659 e. The summed E-state index contributed by atoms with van der Waals surface area (Å²) in [7, 11) is 0. The Morgan fingerprint density at radius 1 is 1.22 bits per heavy atom. The molecular formula is C15H24N2O. The van der Waals surface area contributed by atoms with Crippen molar-refractivity contribution in [2.24, 2.45) is 22.5 Å². The molecule has 1 aromatic rings. The highest BCUT2D eigenvalue weighted by atomic mass is 16.3. The predicted molar refractivity (Wildman–Crippen MR) is 73.1 cm³/mol. The summed E-state index contributed by atoms with van der Waals surface area (Å²) in [5.74, 6) is 0.297. The van der Waals surface area contributed by atoms with E-state index in [9.17, 15) is 5.11 Å². The Hall–Kier alpha value is -0.930. The molecule has 2 rings (SSSR count). The molecule has 2 atom stereocenters. The van der Waals surface area contributed by atoms with Crippen molar-refractivity contribution in [3.8, 4) is 0 Å². The number of aliphatic hydroxyl groups is 1. The van der Waals surface area contributed by atoms with Gasteiger partial charge in [-0.2, -0.15) is 0 Å². The third-order valence-electron chi connectivity index (χ3n) is 5.27. The van der Waals surface area contributed by atoms with Gasteiger partial charge in [-0.3, -0.25) is 4.98 Å². The SMILES string of the molecule is CC1(C)C(C(O)C(CN)c2ccncc2)C1(C)C. The summed E-state index contributed by atoms with van der Waals surface area (Å²) in [5.41, 5.74) is 7.30. The maximum absolute atomic E-state index is 10.7. The largest absolute Gasteiger partial charge is 0.392 e. The van der Waals surface area contributed by atoms with Crippen molar-refractivity contribution in [3.05, 3.63) is 30.1 Å². The number of aliphatic hydroxyl groups excluding tert-OH is 1. The Labute approximate surface area is 109 Å². The number of hydrogen-bond donors (Lipinski definition) is 2. The first-order chi connectivity index (χ1) is 8.34. The molecule has 3 N–H and O–H groups in total. The lowest BCUT2D eigenvalue weighted by Gasteiger charge is -2.23. The molecule has 0 spiro atoms. The highest BCUT2D eigenvalue weighted by molar-refractivity contribution is 5.23. The Balaban J connectivity index is 2.21. The van der Waals surface area contributed by atoms with Crippen molar-refractivity contribution in [2.45, 2.75) is 39.7 Å². The molecule has 1 heterocycles. The molecule has 0 aromatic carbocycles. The third kappa shape index (κ3) is 1.86. The summed E-state index contributed by atoms with van der Waals surface area (Å²) in [6.07, 6.45) is 3.13. The lowest BCUT2D eigenvalue weighted by Crippen LogP contribution is -2.29. The molecule has 100 valence electrons. The second-order valence-electron chi connectivity index (χ2n) is 6.53. The van der Waals surface area contributed by atoms with E-state index < -0.39 is 0 Å². The number of nitrogens with zero attached hydrogens (tertiary/aromatic N) is 1. The van der Waals surface area contributed by atoms with Gasteiger partial charge in [-0.15, -0.1) is 0 Å². The molecule has 2 unspecified atom stereocenters. The van der Waals surface area contributed by atoms with Crippen molar-refractivity contribution in [1.29, 1.82) is 0 Å². The lowest BCUT2D eigenvalue weighted by molar-refractivity contribution is 0.102. The van der Waals surface area contributed by atoms with Crippen LogP contribution >= 0.6 is 0 Å². The Kier molecular flexibility index (Phi) is 3.24. The molecule has 0 saturated heterocycles. The zero-order chi connectivity index (χ0) is 13.6. The fourth-order valence-electron chi connectivity index (χ4n) is 3.42. The van der Waals surface area contributed by atoms with Crippen LogP contribution in [0, 0.1) is 16.7 Å². The molecule has 1 aromatic heterocycles. The fraction of sp³-hybridized carbons (Fsp3) is 0.667. The molecule has 0 radical (unpaired) electrons. The number of nitrogens with two attached hydrogens (primary N) is 1. The normalized spacial score (nSPS) is 24.6. The second-order valence-corrected chi connectivity index (χ2v) is 6.53. The molecule has 0 amide bonds. The predicted octanol–water partition coefficient (Wildman–Crippen LogP) is 2.17. The maximum atomic E-state index is 10.7. The van der Waals surface area contributed by atoms with Gasteiger partial charge in [-0.05, 0) is 34.4 Å². The quantitative estimate of drug-likeness (QED) is 0.858. The molecule has 1 saturated carbocycles. The van der Waals surface area contributed by atoms with E-state index in [1.807, 2.05) is 12.1 Å². The minimum Gasteiger partial charge on any atom is -0.392 e. The van der Waals surface area contributed by atoms with E-state index in [1.165, 1.54) is 0 Å². The van der Waals surface area contributed by atoms with Gasteiger partial charge in [-0.1, -0.05) is 27.7 Å². The fourth-order valence-corrected chi connectivity index (χ4v) is 3.42. The number of aromatic nitrogens is 1. The monoisotopic (exact) mass is 248 g/mol. The van der Waals surface area contributed by atoms with E-state index in [0.717, 1.165) is 5.56 Å².